The molecule has 0 saturated carbocycles. The van der Waals surface area contributed by atoms with Crippen LogP contribution in [0.2, 0.25) is 0 Å². The summed E-state index contributed by atoms with van der Waals surface area (Å²) in [4.78, 5) is 87.8. The molecule has 43 heavy (non-hydrogen) atoms. The normalized spacial score (nSPS) is 19.4. The number of carbonyl (C=O) groups excluding carboxylic acids is 6. The minimum absolute atomic E-state index is 0.0488. The molecule has 0 radical (unpaired) electrons. The van der Waals surface area contributed by atoms with Gasteiger partial charge in [0.05, 0.1) is 31.4 Å². The summed E-state index contributed by atoms with van der Waals surface area (Å²) in [6.07, 6.45) is -2.26. The third-order valence-corrected chi connectivity index (χ3v) is 6.78. The summed E-state index contributed by atoms with van der Waals surface area (Å²) >= 11 is 4.09. The highest BCUT2D eigenvalue weighted by Gasteiger charge is 2.38. The maximum atomic E-state index is 13.0. The number of nitrogens with zero attached hydrogens (tertiary/aromatic N) is 1. The van der Waals surface area contributed by atoms with Crippen LogP contribution in [0.4, 0.5) is 0 Å². The van der Waals surface area contributed by atoms with Crippen molar-refractivity contribution in [2.24, 2.45) is 5.73 Å². The summed E-state index contributed by atoms with van der Waals surface area (Å²) in [5.74, 6) is -6.62. The molecule has 0 aromatic carbocycles. The molecule has 8 unspecified atom stereocenters. The summed E-state index contributed by atoms with van der Waals surface area (Å²) in [7, 11) is 0. The van der Waals surface area contributed by atoms with E-state index in [4.69, 9.17) is 10.8 Å². The molecule has 0 aliphatic carbocycles. The van der Waals surface area contributed by atoms with Gasteiger partial charge in [0.1, 0.15) is 24.2 Å². The first-order chi connectivity index (χ1) is 20.0. The fraction of sp³-hybridized carbons (Fsp3) is 0.708. The average Bonchev–Trinajstić information content (AvgIpc) is 3.43. The van der Waals surface area contributed by atoms with Crippen molar-refractivity contribution in [2.45, 2.75) is 82.1 Å². The number of hydrogen-bond donors (Lipinski definition) is 11. The van der Waals surface area contributed by atoms with Crippen LogP contribution in [0.1, 0.15) is 33.6 Å². The molecule has 0 spiro atoms. The molecular formula is C24H41N7O11S. The van der Waals surface area contributed by atoms with E-state index in [2.05, 4.69) is 33.9 Å². The molecule has 1 aliphatic heterocycles. The molecular weight excluding hydrogens is 594 g/mol. The molecule has 1 heterocycles. The van der Waals surface area contributed by atoms with Gasteiger partial charge in [0, 0.05) is 12.3 Å². The number of likely N-dealkylation sites (tertiary alicyclic amines) is 1. The van der Waals surface area contributed by atoms with Gasteiger partial charge in [0.2, 0.25) is 35.4 Å². The second-order valence-electron chi connectivity index (χ2n) is 10.0. The Kier molecular flexibility index (Phi) is 15.3. The number of carboxylic acids is 1. The van der Waals surface area contributed by atoms with Gasteiger partial charge in [-0.15, -0.1) is 0 Å². The molecule has 1 aliphatic rings. The van der Waals surface area contributed by atoms with Crippen molar-refractivity contribution in [3.05, 3.63) is 0 Å². The molecule has 8 atom stereocenters. The average molecular weight is 636 g/mol. The van der Waals surface area contributed by atoms with Crippen LogP contribution in [-0.2, 0) is 33.6 Å². The van der Waals surface area contributed by atoms with Crippen molar-refractivity contribution in [3.63, 3.8) is 0 Å². The van der Waals surface area contributed by atoms with E-state index in [-0.39, 0.29) is 18.7 Å². The maximum Gasteiger partial charge on any atom is 0.328 e. The largest absolute Gasteiger partial charge is 0.480 e. The number of aliphatic hydroxyl groups is 3. The molecule has 0 bridgehead atoms. The summed E-state index contributed by atoms with van der Waals surface area (Å²) in [6.45, 7) is 2.26. The Labute approximate surface area is 252 Å². The molecule has 0 aromatic heterocycles. The van der Waals surface area contributed by atoms with E-state index in [1.54, 1.807) is 0 Å². The number of carbonyl (C=O) groups is 7. The minimum atomic E-state index is -1.74. The zero-order valence-electron chi connectivity index (χ0n) is 24.0. The SMILES string of the molecule is CC(N)C(=O)NC(CS)C(=O)N1CCCC1C(=O)NCC(=O)NC(C(=O)NC(CO)C(=O)NC(C(=O)O)C(C)O)C(C)O. The number of aliphatic hydroxyl groups excluding tert-OH is 3. The molecule has 1 fully saturated rings. The third-order valence-electron chi connectivity index (χ3n) is 6.42. The fourth-order valence-electron chi connectivity index (χ4n) is 4.00. The maximum absolute atomic E-state index is 13.0. The van der Waals surface area contributed by atoms with Gasteiger partial charge in [-0.3, -0.25) is 28.8 Å². The lowest BCUT2D eigenvalue weighted by Gasteiger charge is -2.28. The lowest BCUT2D eigenvalue weighted by molar-refractivity contribution is -0.145. The second-order valence-corrected chi connectivity index (χ2v) is 10.4. The summed E-state index contributed by atoms with van der Waals surface area (Å²) in [5.41, 5.74) is 5.53. The molecule has 11 N–H and O–H groups in total. The van der Waals surface area contributed by atoms with E-state index in [9.17, 15) is 48.9 Å². The number of nitrogens with two attached hydrogens (primary N) is 1. The predicted octanol–water partition coefficient (Wildman–Crippen LogP) is -5.85. The van der Waals surface area contributed by atoms with Crippen LogP contribution in [-0.4, -0.2) is 141 Å². The van der Waals surface area contributed by atoms with Crippen LogP contribution in [0, 0.1) is 0 Å². The monoisotopic (exact) mass is 635 g/mol. The molecule has 1 rings (SSSR count). The van der Waals surface area contributed by atoms with Crippen molar-refractivity contribution < 1.29 is 54.0 Å². The van der Waals surface area contributed by atoms with Crippen LogP contribution in [0.25, 0.3) is 0 Å². The molecule has 1 saturated heterocycles. The first-order valence-corrected chi connectivity index (χ1v) is 14.0. The Morgan fingerprint density at radius 3 is 1.95 bits per heavy atom. The molecule has 18 nitrogen and oxygen atoms in total. The first kappa shape index (κ1) is 37.5. The Balaban J connectivity index is 2.79. The Bertz CT molecular complexity index is 1040. The van der Waals surface area contributed by atoms with Crippen molar-refractivity contribution >= 4 is 54.0 Å². The number of aliphatic carboxylic acids is 1. The lowest BCUT2D eigenvalue weighted by Crippen LogP contribution is -2.60. The van der Waals surface area contributed by atoms with Crippen molar-refractivity contribution in [1.29, 1.82) is 0 Å². The number of nitrogens with one attached hydrogen (secondary N) is 5. The number of thiol groups is 1. The number of amides is 6. The van der Waals surface area contributed by atoms with E-state index >= 15 is 0 Å². The smallest absolute Gasteiger partial charge is 0.328 e. The van der Waals surface area contributed by atoms with Crippen LogP contribution in [0.5, 0.6) is 0 Å². The second kappa shape index (κ2) is 17.6. The van der Waals surface area contributed by atoms with Gasteiger partial charge in [0.25, 0.3) is 0 Å². The van der Waals surface area contributed by atoms with Crippen molar-refractivity contribution in [1.82, 2.24) is 31.5 Å². The zero-order valence-corrected chi connectivity index (χ0v) is 24.9. The Hall–Kier alpha value is -3.52. The van der Waals surface area contributed by atoms with Crippen LogP contribution in [0.15, 0.2) is 0 Å². The van der Waals surface area contributed by atoms with Gasteiger partial charge in [-0.05, 0) is 33.6 Å². The first-order valence-electron chi connectivity index (χ1n) is 13.4. The standard InChI is InChI=1S/C24H41N7O11S/c1-10(25)19(36)28-14(9-43)23(40)31-6-4-5-15(31)21(38)26-7-16(35)29-17(11(2)33)22(39)27-13(8-32)20(37)30-18(12(3)34)24(41)42/h10-15,17-18,32-34,43H,4-9,25H2,1-3H3,(H,26,38)(H,27,39)(H,28,36)(H,29,35)(H,30,37)(H,41,42). The highest BCUT2D eigenvalue weighted by Crippen LogP contribution is 2.19. The van der Waals surface area contributed by atoms with Crippen molar-refractivity contribution in [2.75, 3.05) is 25.4 Å². The van der Waals surface area contributed by atoms with Gasteiger partial charge >= 0.3 is 5.97 Å². The highest BCUT2D eigenvalue weighted by molar-refractivity contribution is 7.80. The summed E-state index contributed by atoms with van der Waals surface area (Å²) in [5, 5.41) is 49.2. The molecule has 0 aromatic rings. The fourth-order valence-corrected chi connectivity index (χ4v) is 4.25. The topological polar surface area (TPSA) is 290 Å². The molecule has 6 amide bonds. The highest BCUT2D eigenvalue weighted by atomic mass is 32.1. The third kappa shape index (κ3) is 11.2. The van der Waals surface area contributed by atoms with Gasteiger partial charge in [0.15, 0.2) is 6.04 Å². The zero-order chi connectivity index (χ0) is 33.0. The Morgan fingerprint density at radius 1 is 0.884 bits per heavy atom. The van der Waals surface area contributed by atoms with Gasteiger partial charge in [-0.25, -0.2) is 4.79 Å². The van der Waals surface area contributed by atoms with E-state index in [1.807, 2.05) is 5.32 Å². The van der Waals surface area contributed by atoms with Crippen molar-refractivity contribution in [3.8, 4) is 0 Å². The molecule has 19 heteroatoms. The van der Waals surface area contributed by atoms with E-state index in [0.29, 0.717) is 6.42 Å². The van der Waals surface area contributed by atoms with Gasteiger partial charge < -0.3 is 57.6 Å². The van der Waals surface area contributed by atoms with Gasteiger partial charge in [-0.1, -0.05) is 0 Å². The van der Waals surface area contributed by atoms with Gasteiger partial charge in [-0.2, -0.15) is 12.6 Å². The predicted molar refractivity (Wildman–Crippen MR) is 151 cm³/mol. The summed E-state index contributed by atoms with van der Waals surface area (Å²) < 4.78 is 0. The van der Waals surface area contributed by atoms with Crippen LogP contribution < -0.4 is 32.3 Å². The lowest BCUT2D eigenvalue weighted by atomic mass is 10.1. The van der Waals surface area contributed by atoms with E-state index in [0.717, 1.165) is 13.8 Å². The number of carboxylic acid groups (broad SMARTS) is 1. The number of hydrogen-bond acceptors (Lipinski definition) is 12. The number of rotatable bonds is 16. The summed E-state index contributed by atoms with van der Waals surface area (Å²) in [6, 6.07) is -7.95. The van der Waals surface area contributed by atoms with E-state index in [1.165, 1.54) is 11.8 Å². The quantitative estimate of drug-likeness (QED) is 0.0707. The van der Waals surface area contributed by atoms with Crippen LogP contribution >= 0.6 is 12.6 Å². The Morgan fingerprint density at radius 2 is 1.47 bits per heavy atom. The molecule has 244 valence electrons. The minimum Gasteiger partial charge on any atom is -0.480 e. The van der Waals surface area contributed by atoms with E-state index < -0.39 is 103 Å². The van der Waals surface area contributed by atoms with Crippen LogP contribution in [0.3, 0.4) is 0 Å².